The molecule has 98 valence electrons. The standard InChI is InChI=1S/C14H16ClFO2/c1-2-3-9-7-14(8-9,13(17)18)11-5-4-10(16)6-12(11)15/h4-6,9H,2-3,7-8H2,1H3,(H,17,18). The molecule has 2 nitrogen and oxygen atoms in total. The van der Waals surface area contributed by atoms with E-state index in [9.17, 15) is 14.3 Å². The van der Waals surface area contributed by atoms with Crippen molar-refractivity contribution in [2.45, 2.75) is 38.0 Å². The largest absolute Gasteiger partial charge is 0.481 e. The number of carbonyl (C=O) groups is 1. The van der Waals surface area contributed by atoms with Crippen LogP contribution in [0.25, 0.3) is 0 Å². The van der Waals surface area contributed by atoms with Gasteiger partial charge in [0, 0.05) is 5.02 Å². The molecule has 1 aliphatic carbocycles. The fourth-order valence-electron chi connectivity index (χ4n) is 2.93. The summed E-state index contributed by atoms with van der Waals surface area (Å²) < 4.78 is 13.0. The van der Waals surface area contributed by atoms with Crippen molar-refractivity contribution in [1.29, 1.82) is 0 Å². The highest BCUT2D eigenvalue weighted by atomic mass is 35.5. The summed E-state index contributed by atoms with van der Waals surface area (Å²) in [5.41, 5.74) is -0.365. The minimum absolute atomic E-state index is 0.215. The number of benzene rings is 1. The normalized spacial score (nSPS) is 26.7. The second-order valence-corrected chi connectivity index (χ2v) is 5.48. The minimum Gasteiger partial charge on any atom is -0.481 e. The highest BCUT2D eigenvalue weighted by Gasteiger charge is 2.52. The Morgan fingerprint density at radius 1 is 1.56 bits per heavy atom. The molecule has 0 unspecified atom stereocenters. The number of rotatable bonds is 4. The summed E-state index contributed by atoms with van der Waals surface area (Å²) in [6.07, 6.45) is 3.29. The van der Waals surface area contributed by atoms with E-state index >= 15 is 0 Å². The average molecular weight is 271 g/mol. The van der Waals surface area contributed by atoms with Crippen molar-refractivity contribution in [3.05, 3.63) is 34.6 Å². The Morgan fingerprint density at radius 3 is 2.72 bits per heavy atom. The van der Waals surface area contributed by atoms with Crippen molar-refractivity contribution in [2.24, 2.45) is 5.92 Å². The van der Waals surface area contributed by atoms with Gasteiger partial charge >= 0.3 is 5.97 Å². The van der Waals surface area contributed by atoms with Crippen LogP contribution in [-0.2, 0) is 10.2 Å². The quantitative estimate of drug-likeness (QED) is 0.897. The van der Waals surface area contributed by atoms with Crippen molar-refractivity contribution < 1.29 is 14.3 Å². The number of carboxylic acids is 1. The SMILES string of the molecule is CCCC1CC(C(=O)O)(c2ccc(F)cc2Cl)C1. The fraction of sp³-hybridized carbons (Fsp3) is 0.500. The van der Waals surface area contributed by atoms with Gasteiger partial charge in [-0.25, -0.2) is 4.39 Å². The van der Waals surface area contributed by atoms with E-state index in [1.807, 2.05) is 0 Å². The number of halogens is 2. The Hall–Kier alpha value is -1.09. The summed E-state index contributed by atoms with van der Waals surface area (Å²) in [7, 11) is 0. The van der Waals surface area contributed by atoms with Gasteiger partial charge in [0.25, 0.3) is 0 Å². The zero-order chi connectivity index (χ0) is 13.3. The second-order valence-electron chi connectivity index (χ2n) is 5.07. The lowest BCUT2D eigenvalue weighted by atomic mass is 9.57. The van der Waals surface area contributed by atoms with Crippen molar-refractivity contribution in [3.8, 4) is 0 Å². The van der Waals surface area contributed by atoms with Crippen LogP contribution in [0.4, 0.5) is 4.39 Å². The number of carboxylic acid groups (broad SMARTS) is 1. The lowest BCUT2D eigenvalue weighted by molar-refractivity contribution is -0.150. The lowest BCUT2D eigenvalue weighted by Gasteiger charge is -2.45. The molecule has 0 atom stereocenters. The molecule has 2 rings (SSSR count). The van der Waals surface area contributed by atoms with Gasteiger partial charge in [0.2, 0.25) is 0 Å². The van der Waals surface area contributed by atoms with Gasteiger partial charge in [-0.2, -0.15) is 0 Å². The van der Waals surface area contributed by atoms with Gasteiger partial charge in [0.15, 0.2) is 0 Å². The first-order valence-corrected chi connectivity index (χ1v) is 6.56. The third kappa shape index (κ3) is 2.12. The first kappa shape index (κ1) is 13.3. The van der Waals surface area contributed by atoms with Gasteiger partial charge < -0.3 is 5.11 Å². The molecule has 0 heterocycles. The summed E-state index contributed by atoms with van der Waals surface area (Å²) in [5.74, 6) is -0.857. The number of aliphatic carboxylic acids is 1. The first-order valence-electron chi connectivity index (χ1n) is 6.18. The fourth-order valence-corrected chi connectivity index (χ4v) is 3.27. The van der Waals surface area contributed by atoms with Crippen molar-refractivity contribution in [2.75, 3.05) is 0 Å². The van der Waals surface area contributed by atoms with E-state index in [1.165, 1.54) is 18.2 Å². The molecule has 0 spiro atoms. The molecule has 1 aromatic rings. The van der Waals surface area contributed by atoms with Crippen LogP contribution in [0, 0.1) is 11.7 Å². The second kappa shape index (κ2) is 4.88. The summed E-state index contributed by atoms with van der Waals surface area (Å²) in [6.45, 7) is 2.09. The molecular weight excluding hydrogens is 255 g/mol. The Bertz CT molecular complexity index is 467. The van der Waals surface area contributed by atoms with E-state index in [0.717, 1.165) is 12.8 Å². The molecule has 1 N–H and O–H groups in total. The Kier molecular flexibility index (Phi) is 3.62. The summed E-state index contributed by atoms with van der Waals surface area (Å²) in [4.78, 5) is 11.5. The zero-order valence-corrected chi connectivity index (χ0v) is 11.0. The molecule has 4 heteroatoms. The summed E-state index contributed by atoms with van der Waals surface area (Å²) in [6, 6.07) is 3.97. The van der Waals surface area contributed by atoms with Crippen LogP contribution in [0.2, 0.25) is 5.02 Å². The van der Waals surface area contributed by atoms with E-state index in [4.69, 9.17) is 11.6 Å². The molecule has 1 aliphatic rings. The molecular formula is C14H16ClFO2. The third-order valence-corrected chi connectivity index (χ3v) is 4.14. The van der Waals surface area contributed by atoms with Gasteiger partial charge in [-0.3, -0.25) is 4.79 Å². The summed E-state index contributed by atoms with van der Waals surface area (Å²) >= 11 is 5.99. The van der Waals surface area contributed by atoms with Crippen LogP contribution in [-0.4, -0.2) is 11.1 Å². The van der Waals surface area contributed by atoms with Crippen LogP contribution in [0.1, 0.15) is 38.2 Å². The van der Waals surface area contributed by atoms with Crippen molar-refractivity contribution in [1.82, 2.24) is 0 Å². The van der Waals surface area contributed by atoms with Gasteiger partial charge in [-0.05, 0) is 36.5 Å². The molecule has 1 saturated carbocycles. The maximum Gasteiger partial charge on any atom is 0.314 e. The van der Waals surface area contributed by atoms with Crippen LogP contribution in [0.15, 0.2) is 18.2 Å². The number of hydrogen-bond donors (Lipinski definition) is 1. The number of hydrogen-bond acceptors (Lipinski definition) is 1. The molecule has 0 amide bonds. The molecule has 0 aliphatic heterocycles. The van der Waals surface area contributed by atoms with Gasteiger partial charge in [0.05, 0.1) is 5.41 Å². The first-order chi connectivity index (χ1) is 8.49. The van der Waals surface area contributed by atoms with E-state index in [0.29, 0.717) is 24.3 Å². The lowest BCUT2D eigenvalue weighted by Crippen LogP contribution is -2.48. The molecule has 0 aromatic heterocycles. The molecule has 18 heavy (non-hydrogen) atoms. The zero-order valence-electron chi connectivity index (χ0n) is 10.2. The van der Waals surface area contributed by atoms with E-state index in [-0.39, 0.29) is 5.02 Å². The van der Waals surface area contributed by atoms with Crippen LogP contribution < -0.4 is 0 Å². The van der Waals surface area contributed by atoms with E-state index < -0.39 is 17.2 Å². The maximum absolute atomic E-state index is 13.0. The Morgan fingerprint density at radius 2 is 2.22 bits per heavy atom. The predicted octanol–water partition coefficient (Wildman–Crippen LogP) is 4.01. The Labute approximate surface area is 111 Å². The smallest absolute Gasteiger partial charge is 0.314 e. The third-order valence-electron chi connectivity index (χ3n) is 3.83. The Balaban J connectivity index is 2.30. The van der Waals surface area contributed by atoms with E-state index in [2.05, 4.69) is 6.92 Å². The monoisotopic (exact) mass is 270 g/mol. The van der Waals surface area contributed by atoms with Crippen LogP contribution in [0.5, 0.6) is 0 Å². The van der Waals surface area contributed by atoms with Gasteiger partial charge in [-0.15, -0.1) is 0 Å². The van der Waals surface area contributed by atoms with E-state index in [1.54, 1.807) is 0 Å². The van der Waals surface area contributed by atoms with Gasteiger partial charge in [0.1, 0.15) is 5.82 Å². The maximum atomic E-state index is 13.0. The molecule has 1 aromatic carbocycles. The molecule has 0 bridgehead atoms. The predicted molar refractivity (Wildman–Crippen MR) is 68.4 cm³/mol. The van der Waals surface area contributed by atoms with Gasteiger partial charge in [-0.1, -0.05) is 37.4 Å². The molecule has 1 fully saturated rings. The topological polar surface area (TPSA) is 37.3 Å². The van der Waals surface area contributed by atoms with Crippen LogP contribution >= 0.6 is 11.6 Å². The van der Waals surface area contributed by atoms with Crippen LogP contribution in [0.3, 0.4) is 0 Å². The average Bonchev–Trinajstić information content (AvgIpc) is 2.23. The molecule has 0 saturated heterocycles. The highest BCUT2D eigenvalue weighted by Crippen LogP contribution is 2.51. The van der Waals surface area contributed by atoms with Crippen molar-refractivity contribution >= 4 is 17.6 Å². The molecule has 0 radical (unpaired) electrons. The van der Waals surface area contributed by atoms with Crippen molar-refractivity contribution in [3.63, 3.8) is 0 Å². The minimum atomic E-state index is -0.912. The highest BCUT2D eigenvalue weighted by molar-refractivity contribution is 6.31. The summed E-state index contributed by atoms with van der Waals surface area (Å²) in [5, 5.41) is 9.68.